The van der Waals surface area contributed by atoms with Gasteiger partial charge in [-0.2, -0.15) is 14.0 Å². The van der Waals surface area contributed by atoms with Gasteiger partial charge in [-0.3, -0.25) is 0 Å². The molecule has 0 atom stereocenters. The Morgan fingerprint density at radius 3 is 1.14 bits per heavy atom. The van der Waals surface area contributed by atoms with Crippen molar-refractivity contribution in [2.45, 2.75) is 0 Å². The molecule has 0 heterocycles. The second-order valence-corrected chi connectivity index (χ2v) is 1.19. The van der Waals surface area contributed by atoms with Gasteiger partial charge in [0.15, 0.2) is 0 Å². The van der Waals surface area contributed by atoms with Crippen LogP contribution in [0.2, 0.25) is 0 Å². The van der Waals surface area contributed by atoms with Crippen LogP contribution in [0.4, 0.5) is 0 Å². The molecule has 4 nitrogen and oxygen atoms in total. The van der Waals surface area contributed by atoms with Crippen molar-refractivity contribution < 1.29 is 82.4 Å². The average molecular weight is 250 g/mol. The molecule has 0 radical (unpaired) electrons. The fourth-order valence-corrected chi connectivity index (χ4v) is 0. The molecule has 0 aliphatic carbocycles. The van der Waals surface area contributed by atoms with Crippen LogP contribution in [0.3, 0.4) is 0 Å². The fourth-order valence-electron chi connectivity index (χ4n) is 0. The summed E-state index contributed by atoms with van der Waals surface area (Å²) in [6, 6.07) is 0. The van der Waals surface area contributed by atoms with Crippen molar-refractivity contribution in [3.63, 3.8) is 0 Å². The average Bonchev–Trinajstić information content (AvgIpc) is 0.722. The van der Waals surface area contributed by atoms with E-state index in [0.717, 1.165) is 0 Å². The normalized spacial score (nSPS) is 8.57. The Hall–Kier alpha value is 1.86. The summed E-state index contributed by atoms with van der Waals surface area (Å²) in [4.78, 5) is 0. The summed E-state index contributed by atoms with van der Waals surface area (Å²) in [5, 5.41) is 0. The summed E-state index contributed by atoms with van der Waals surface area (Å²) in [6.45, 7) is 0. The molecular weight excluding hydrogens is 249 g/mol. The molecule has 0 spiro atoms. The van der Waals surface area contributed by atoms with Crippen LogP contribution in [0.1, 0.15) is 0 Å². The minimum absolute atomic E-state index is 0. The van der Waals surface area contributed by atoms with Crippen molar-refractivity contribution in [2.75, 3.05) is 0 Å². The summed E-state index contributed by atoms with van der Waals surface area (Å²) in [7, 11) is -4.69. The quantitative estimate of drug-likeness (QED) is 0.341. The van der Waals surface area contributed by atoms with Gasteiger partial charge in [0.25, 0.3) is 0 Å². The molecule has 0 fully saturated rings. The first-order chi connectivity index (χ1) is 2.00. The van der Waals surface area contributed by atoms with Crippen molar-refractivity contribution in [3.05, 3.63) is 0 Å². The number of rotatable bonds is 0. The molecule has 0 bridgehead atoms. The molecule has 0 amide bonds. The third-order valence-electron chi connectivity index (χ3n) is 0. The maximum absolute atomic E-state index is 8.60. The van der Waals surface area contributed by atoms with Gasteiger partial charge in [-0.15, -0.1) is 0 Å². The molecule has 0 saturated heterocycles. The van der Waals surface area contributed by atoms with Crippen molar-refractivity contribution in [3.8, 4) is 0 Å². The van der Waals surface area contributed by atoms with Crippen molar-refractivity contribution >= 4 is 0 Å². The Kier molecular flexibility index (Phi) is 13.6. The first-order valence-corrected chi connectivity index (χ1v) is 1.90. The van der Waals surface area contributed by atoms with Crippen LogP contribution in [0.5, 0.6) is 0 Å². The van der Waals surface area contributed by atoms with Gasteiger partial charge in [-0.1, -0.05) is 0 Å². The summed E-state index contributed by atoms with van der Waals surface area (Å²) < 4.78 is 32.7. The van der Waals surface area contributed by atoms with E-state index in [1.54, 1.807) is 0 Å². The topological polar surface area (TPSA) is 89.4 Å². The molecule has 0 aromatic rings. The van der Waals surface area contributed by atoms with E-state index in [9.17, 15) is 0 Å². The van der Waals surface area contributed by atoms with Crippen LogP contribution < -0.4 is 67.5 Å². The van der Waals surface area contributed by atoms with Gasteiger partial charge in [-0.05, 0) is 0 Å². The molecule has 0 aromatic carbocycles. The predicted octanol–water partition coefficient (Wildman–Crippen LogP) is -10.1. The van der Waals surface area contributed by atoms with Gasteiger partial charge >= 0.3 is 29.6 Å². The summed E-state index contributed by atoms with van der Waals surface area (Å²) in [5.74, 6) is 0. The van der Waals surface area contributed by atoms with E-state index >= 15 is 0 Å². The van der Waals surface area contributed by atoms with Crippen molar-refractivity contribution in [1.29, 1.82) is 0 Å². The molecule has 1 N–H and O–H groups in total. The van der Waals surface area contributed by atoms with E-state index in [-0.39, 0.29) is 53.5 Å². The zero-order valence-corrected chi connectivity index (χ0v) is 8.34. The van der Waals surface area contributed by atoms with Crippen molar-refractivity contribution in [1.82, 2.24) is 0 Å². The standard InChI is InChI=1S/ClHO4.HI.Na/c2-1(3,4)5;;/h(H,2,3,4,5);1H;/q;;+1/p-1. The van der Waals surface area contributed by atoms with Crippen LogP contribution >= 0.6 is 0 Å². The van der Waals surface area contributed by atoms with E-state index in [0.29, 0.717) is 0 Å². The molecule has 0 unspecified atom stereocenters. The third kappa shape index (κ3) is 78.0. The van der Waals surface area contributed by atoms with Gasteiger partial charge in [-0.25, -0.2) is 0 Å². The number of hydrogen-bond donors (Lipinski definition) is 1. The zero-order chi connectivity index (χ0) is 4.50. The molecule has 40 valence electrons. The van der Waals surface area contributed by atoms with E-state index in [1.807, 2.05) is 0 Å². The van der Waals surface area contributed by atoms with Crippen LogP contribution in [0, 0.1) is 10.2 Å². The van der Waals surface area contributed by atoms with Gasteiger partial charge < -0.3 is 24.0 Å². The van der Waals surface area contributed by atoms with E-state index in [4.69, 9.17) is 18.6 Å². The minimum Gasteiger partial charge on any atom is -1.00 e. The fraction of sp³-hybridized carbons (Fsp3) is 0. The maximum Gasteiger partial charge on any atom is 1.00 e. The van der Waals surface area contributed by atoms with Gasteiger partial charge in [0.05, 0.1) is 14.9 Å². The number of hydrogen-bond acceptors (Lipinski definition) is 4. The Morgan fingerprint density at radius 2 is 1.14 bits per heavy atom. The van der Waals surface area contributed by atoms with Crippen LogP contribution in [0.25, 0.3) is 0 Å². The molecule has 0 rings (SSSR count). The van der Waals surface area contributed by atoms with E-state index in [2.05, 4.69) is 0 Å². The monoisotopic (exact) mass is 250 g/mol. The second-order valence-electron chi connectivity index (χ2n) is 0.396. The van der Waals surface area contributed by atoms with E-state index in [1.165, 1.54) is 0 Å². The predicted molar refractivity (Wildman–Crippen MR) is 2.22 cm³/mol. The molecule has 0 saturated carbocycles. The van der Waals surface area contributed by atoms with Crippen LogP contribution in [0.15, 0.2) is 0 Å². The first-order valence-electron chi connectivity index (χ1n) is 0.632. The molecule has 0 aromatic heterocycles. The van der Waals surface area contributed by atoms with Crippen LogP contribution in [-0.4, -0.2) is 4.66 Å². The zero-order valence-electron chi connectivity index (χ0n) is 3.43. The smallest absolute Gasteiger partial charge is 1.00 e. The maximum atomic E-state index is 8.60. The summed E-state index contributed by atoms with van der Waals surface area (Å²) >= 11 is 0. The molecule has 7 heavy (non-hydrogen) atoms. The Balaban J connectivity index is -0.0000000800. The summed E-state index contributed by atoms with van der Waals surface area (Å²) in [6.07, 6.45) is 0. The third-order valence-corrected chi connectivity index (χ3v) is 0. The van der Waals surface area contributed by atoms with Crippen molar-refractivity contribution in [2.24, 2.45) is 0 Å². The summed E-state index contributed by atoms with van der Waals surface area (Å²) in [5.41, 5.74) is 0. The van der Waals surface area contributed by atoms with Gasteiger partial charge in [0, 0.05) is 0 Å². The van der Waals surface area contributed by atoms with Crippen LogP contribution in [-0.2, 0) is 0 Å². The minimum atomic E-state index is -4.69. The largest absolute Gasteiger partial charge is 1.00 e. The molecular formula is HClINaO4. The Bertz CT molecular complexity index is 27.2. The first kappa shape index (κ1) is 15.9. The SMILES string of the molecule is [I-].[Na+].[O-][Cl+3]([O-])([O-])O. The number of halogens is 2. The van der Waals surface area contributed by atoms with Gasteiger partial charge in [0.1, 0.15) is 0 Å². The molecule has 7 heteroatoms. The molecule has 0 aliphatic rings. The van der Waals surface area contributed by atoms with Gasteiger partial charge in [0.2, 0.25) is 0 Å². The Labute approximate surface area is 81.6 Å². The second kappa shape index (κ2) is 5.99. The molecule has 0 aliphatic heterocycles. The Morgan fingerprint density at radius 1 is 1.14 bits per heavy atom. The van der Waals surface area contributed by atoms with E-state index < -0.39 is 10.2 Å².